The summed E-state index contributed by atoms with van der Waals surface area (Å²) in [5, 5.41) is 0. The summed E-state index contributed by atoms with van der Waals surface area (Å²) in [5.74, 6) is -0.139. The van der Waals surface area contributed by atoms with Crippen LogP contribution in [-0.2, 0) is 0 Å². The summed E-state index contributed by atoms with van der Waals surface area (Å²) < 4.78 is 19.0. The number of hydrogen-bond donors (Lipinski definition) is 1. The lowest BCUT2D eigenvalue weighted by atomic mass is 10.1. The molecular weight excluding hydrogens is 245 g/mol. The number of carbonyl (C=O) groups is 1. The summed E-state index contributed by atoms with van der Waals surface area (Å²) in [4.78, 5) is 12.1. The number of nitrogen functional groups attached to an aromatic ring is 1. The number of hydrogen-bond acceptors (Lipinski definition) is 3. The van der Waals surface area contributed by atoms with Crippen LogP contribution in [0.4, 0.5) is 10.1 Å². The normalized spacial score (nSPS) is 15.4. The van der Waals surface area contributed by atoms with E-state index in [-0.39, 0.29) is 11.5 Å². The number of allylic oxidation sites excluding steroid dienone is 1. The number of ketones is 1. The average Bonchev–Trinajstić information content (AvgIpc) is 2.70. The van der Waals surface area contributed by atoms with Gasteiger partial charge in [0.2, 0.25) is 5.78 Å². The molecule has 94 valence electrons. The van der Waals surface area contributed by atoms with Gasteiger partial charge in [-0.15, -0.1) is 0 Å². The van der Waals surface area contributed by atoms with E-state index in [4.69, 9.17) is 10.5 Å². The number of rotatable bonds is 1. The van der Waals surface area contributed by atoms with E-state index in [1.165, 1.54) is 12.1 Å². The first-order chi connectivity index (χ1) is 9.15. The molecule has 2 aromatic rings. The van der Waals surface area contributed by atoms with Crippen LogP contribution in [0, 0.1) is 5.82 Å². The van der Waals surface area contributed by atoms with Crippen LogP contribution >= 0.6 is 0 Å². The molecule has 3 nitrogen and oxygen atoms in total. The van der Waals surface area contributed by atoms with Crippen molar-refractivity contribution in [3.8, 4) is 5.75 Å². The van der Waals surface area contributed by atoms with E-state index in [0.717, 1.165) is 0 Å². The molecule has 0 aliphatic carbocycles. The monoisotopic (exact) mass is 255 g/mol. The van der Waals surface area contributed by atoms with Crippen molar-refractivity contribution in [2.24, 2.45) is 0 Å². The zero-order valence-corrected chi connectivity index (χ0v) is 9.89. The Kier molecular flexibility index (Phi) is 2.56. The maximum absolute atomic E-state index is 13.5. The first-order valence-corrected chi connectivity index (χ1v) is 5.73. The molecule has 2 aromatic carbocycles. The van der Waals surface area contributed by atoms with Gasteiger partial charge < -0.3 is 10.5 Å². The van der Waals surface area contributed by atoms with Crippen molar-refractivity contribution >= 4 is 17.5 Å². The minimum absolute atomic E-state index is 0.103. The van der Waals surface area contributed by atoms with E-state index in [1.54, 1.807) is 36.4 Å². The Morgan fingerprint density at radius 1 is 1.16 bits per heavy atom. The van der Waals surface area contributed by atoms with Gasteiger partial charge in [0.25, 0.3) is 0 Å². The Labute approximate surface area is 109 Å². The highest BCUT2D eigenvalue weighted by Crippen LogP contribution is 2.33. The lowest BCUT2D eigenvalue weighted by Gasteiger charge is -1.99. The van der Waals surface area contributed by atoms with Gasteiger partial charge in [0.15, 0.2) is 5.76 Å². The van der Waals surface area contributed by atoms with Gasteiger partial charge in [0, 0.05) is 11.3 Å². The maximum Gasteiger partial charge on any atom is 0.232 e. The van der Waals surface area contributed by atoms with Crippen LogP contribution in [0.15, 0.2) is 48.2 Å². The molecule has 0 fully saturated rings. The van der Waals surface area contributed by atoms with Gasteiger partial charge in [-0.1, -0.05) is 18.2 Å². The summed E-state index contributed by atoms with van der Waals surface area (Å²) >= 11 is 0. The van der Waals surface area contributed by atoms with Gasteiger partial charge in [-0.3, -0.25) is 4.79 Å². The van der Waals surface area contributed by atoms with E-state index in [2.05, 4.69) is 0 Å². The van der Waals surface area contributed by atoms with Gasteiger partial charge >= 0.3 is 0 Å². The van der Waals surface area contributed by atoms with E-state index in [9.17, 15) is 9.18 Å². The second-order valence-electron chi connectivity index (χ2n) is 4.22. The highest BCUT2D eigenvalue weighted by molar-refractivity contribution is 6.14. The van der Waals surface area contributed by atoms with Crippen molar-refractivity contribution < 1.29 is 13.9 Å². The fourth-order valence-corrected chi connectivity index (χ4v) is 1.94. The topological polar surface area (TPSA) is 52.3 Å². The van der Waals surface area contributed by atoms with Crippen LogP contribution in [0.2, 0.25) is 0 Å². The van der Waals surface area contributed by atoms with Gasteiger partial charge in [-0.2, -0.15) is 0 Å². The number of benzene rings is 2. The second-order valence-corrected chi connectivity index (χ2v) is 4.22. The molecular formula is C15H10FNO2. The van der Waals surface area contributed by atoms with Gasteiger partial charge in [0.05, 0.1) is 5.56 Å². The Balaban J connectivity index is 2.03. The fraction of sp³-hybridized carbons (Fsp3) is 0. The summed E-state index contributed by atoms with van der Waals surface area (Å²) in [7, 11) is 0. The molecule has 3 rings (SSSR count). The number of ether oxygens (including phenoxy) is 1. The third-order valence-corrected chi connectivity index (χ3v) is 2.88. The number of nitrogens with two attached hydrogens (primary N) is 1. The van der Waals surface area contributed by atoms with E-state index in [1.807, 2.05) is 0 Å². The van der Waals surface area contributed by atoms with Crippen LogP contribution in [0.5, 0.6) is 5.75 Å². The Bertz CT molecular complexity index is 707. The van der Waals surface area contributed by atoms with Crippen LogP contribution in [0.25, 0.3) is 6.08 Å². The molecule has 1 aliphatic rings. The quantitative estimate of drug-likeness (QED) is 0.629. The molecule has 2 N–H and O–H groups in total. The fourth-order valence-electron chi connectivity index (χ4n) is 1.94. The van der Waals surface area contributed by atoms with Crippen molar-refractivity contribution in [2.45, 2.75) is 0 Å². The van der Waals surface area contributed by atoms with E-state index < -0.39 is 5.82 Å². The molecule has 0 aromatic heterocycles. The third-order valence-electron chi connectivity index (χ3n) is 2.88. The number of Topliss-reactive ketones (excluding diaryl/α,β-unsaturated/α-hetero) is 1. The van der Waals surface area contributed by atoms with Crippen molar-refractivity contribution in [1.29, 1.82) is 0 Å². The number of carbonyl (C=O) groups excluding carboxylic acids is 1. The molecule has 19 heavy (non-hydrogen) atoms. The minimum Gasteiger partial charge on any atom is -0.452 e. The second kappa shape index (κ2) is 4.24. The van der Waals surface area contributed by atoms with Crippen LogP contribution in [-0.4, -0.2) is 5.78 Å². The lowest BCUT2D eigenvalue weighted by Crippen LogP contribution is -1.99. The van der Waals surface area contributed by atoms with Crippen LogP contribution in [0.3, 0.4) is 0 Å². The summed E-state index contributed by atoms with van der Waals surface area (Å²) in [6, 6.07) is 11.0. The third kappa shape index (κ3) is 1.97. The lowest BCUT2D eigenvalue weighted by molar-refractivity contribution is 0.101. The molecule has 0 bridgehead atoms. The smallest absolute Gasteiger partial charge is 0.232 e. The molecule has 1 heterocycles. The SMILES string of the molecule is Nc1ccc2c(c1)C(=O)/C(=C/c1ccccc1F)O2. The van der Waals surface area contributed by atoms with Crippen molar-refractivity contribution in [1.82, 2.24) is 0 Å². The van der Waals surface area contributed by atoms with Gasteiger partial charge in [-0.25, -0.2) is 4.39 Å². The molecule has 1 aliphatic heterocycles. The molecule has 0 saturated heterocycles. The number of halogens is 1. The molecule has 0 radical (unpaired) electrons. The largest absolute Gasteiger partial charge is 0.452 e. The zero-order valence-electron chi connectivity index (χ0n) is 9.89. The van der Waals surface area contributed by atoms with Crippen molar-refractivity contribution in [2.75, 3.05) is 5.73 Å². The van der Waals surface area contributed by atoms with Crippen LogP contribution in [0.1, 0.15) is 15.9 Å². The van der Waals surface area contributed by atoms with Gasteiger partial charge in [-0.05, 0) is 30.3 Å². The number of anilines is 1. The minimum atomic E-state index is -0.401. The first-order valence-electron chi connectivity index (χ1n) is 5.73. The highest BCUT2D eigenvalue weighted by atomic mass is 19.1. The van der Waals surface area contributed by atoms with Crippen LogP contribution < -0.4 is 10.5 Å². The predicted molar refractivity (Wildman–Crippen MR) is 70.2 cm³/mol. The number of fused-ring (bicyclic) bond motifs is 1. The van der Waals surface area contributed by atoms with Crippen molar-refractivity contribution in [3.05, 3.63) is 65.2 Å². The Morgan fingerprint density at radius 2 is 1.95 bits per heavy atom. The molecule has 0 saturated carbocycles. The molecule has 0 spiro atoms. The molecule has 0 atom stereocenters. The average molecular weight is 255 g/mol. The molecule has 4 heteroatoms. The summed E-state index contributed by atoms with van der Waals surface area (Å²) in [5.41, 5.74) is 6.83. The van der Waals surface area contributed by atoms with E-state index >= 15 is 0 Å². The molecule has 0 amide bonds. The Morgan fingerprint density at radius 3 is 2.74 bits per heavy atom. The highest BCUT2D eigenvalue weighted by Gasteiger charge is 2.27. The molecule has 0 unspecified atom stereocenters. The Hall–Kier alpha value is -2.62. The van der Waals surface area contributed by atoms with E-state index in [0.29, 0.717) is 22.6 Å². The standard InChI is InChI=1S/C15H10FNO2/c16-12-4-2-1-3-9(12)7-14-15(18)11-8-10(17)5-6-13(11)19-14/h1-8H,17H2/b14-7-. The summed E-state index contributed by atoms with van der Waals surface area (Å²) in [6.07, 6.45) is 1.40. The van der Waals surface area contributed by atoms with Crippen molar-refractivity contribution in [3.63, 3.8) is 0 Å². The van der Waals surface area contributed by atoms with Gasteiger partial charge in [0.1, 0.15) is 11.6 Å². The summed E-state index contributed by atoms with van der Waals surface area (Å²) in [6.45, 7) is 0. The zero-order chi connectivity index (χ0) is 13.4. The maximum atomic E-state index is 13.5. The first kappa shape index (κ1) is 11.5. The predicted octanol–water partition coefficient (Wildman–Crippen LogP) is 3.02.